The first-order valence-corrected chi connectivity index (χ1v) is 5.08. The van der Waals surface area contributed by atoms with Crippen molar-refractivity contribution in [3.63, 3.8) is 0 Å². The van der Waals surface area contributed by atoms with Crippen molar-refractivity contribution < 1.29 is 0 Å². The molecule has 0 aliphatic heterocycles. The minimum atomic E-state index is 0.620. The van der Waals surface area contributed by atoms with E-state index >= 15 is 0 Å². The van der Waals surface area contributed by atoms with E-state index < -0.39 is 0 Å². The first kappa shape index (κ1) is 9.33. The Kier molecular flexibility index (Phi) is 3.19. The lowest BCUT2D eigenvalue weighted by molar-refractivity contribution is 1.22. The van der Waals surface area contributed by atoms with Crippen LogP contribution in [0.5, 0.6) is 0 Å². The number of aryl methyl sites for hydroxylation is 1. The molecule has 0 aliphatic carbocycles. The van der Waals surface area contributed by atoms with Crippen LogP contribution in [0, 0.1) is 17.4 Å². The Labute approximate surface area is 86.1 Å². The average molecular weight is 281 g/mol. The summed E-state index contributed by atoms with van der Waals surface area (Å²) in [4.78, 5) is 0. The lowest BCUT2D eigenvalue weighted by Gasteiger charge is -2.07. The molecule has 0 bridgehead atoms. The minimum Gasteiger partial charge on any atom is -0.122 e. The van der Waals surface area contributed by atoms with Crippen LogP contribution in [0.3, 0.4) is 0 Å². The molecule has 0 fully saturated rings. The molecule has 0 radical (unpaired) electrons. The van der Waals surface area contributed by atoms with E-state index in [0.717, 1.165) is 0 Å². The highest BCUT2D eigenvalue weighted by molar-refractivity contribution is 14.1. The molecule has 0 saturated heterocycles. The van der Waals surface area contributed by atoms with Gasteiger partial charge in [-0.05, 0) is 59.2 Å². The van der Waals surface area contributed by atoms with Crippen LogP contribution in [0.25, 0.3) is 0 Å². The second-order valence-corrected chi connectivity index (χ2v) is 4.03. The molecule has 0 N–H and O–H groups in total. The van der Waals surface area contributed by atoms with Crippen LogP contribution in [0.1, 0.15) is 16.7 Å². The zero-order chi connectivity index (χ0) is 8.43. The molecule has 2 heteroatoms. The van der Waals surface area contributed by atoms with Gasteiger partial charge in [0.1, 0.15) is 0 Å². The lowest BCUT2D eigenvalue weighted by Crippen LogP contribution is -1.92. The van der Waals surface area contributed by atoms with E-state index in [4.69, 9.17) is 11.6 Å². The van der Waals surface area contributed by atoms with Gasteiger partial charge in [-0.15, -0.1) is 11.6 Å². The van der Waals surface area contributed by atoms with E-state index in [1.165, 1.54) is 20.3 Å². The number of benzene rings is 1. The Balaban J connectivity index is 3.29. The maximum Gasteiger partial charge on any atom is 0.0479 e. The highest BCUT2D eigenvalue weighted by Crippen LogP contribution is 2.20. The smallest absolute Gasteiger partial charge is 0.0479 e. The van der Waals surface area contributed by atoms with Crippen LogP contribution in [0.4, 0.5) is 0 Å². The van der Waals surface area contributed by atoms with Gasteiger partial charge in [0.25, 0.3) is 0 Å². The Bertz CT molecular complexity index is 269. The molecule has 0 saturated carbocycles. The molecule has 0 nitrogen and oxygen atoms in total. The molecule has 60 valence electrons. The predicted molar refractivity (Wildman–Crippen MR) is 58.2 cm³/mol. The molecule has 0 atom stereocenters. The van der Waals surface area contributed by atoms with Crippen molar-refractivity contribution in [1.82, 2.24) is 0 Å². The molecular formula is C9H10ClI. The molecule has 1 aromatic carbocycles. The summed E-state index contributed by atoms with van der Waals surface area (Å²) in [6.07, 6.45) is 0. The van der Waals surface area contributed by atoms with E-state index in [1.54, 1.807) is 0 Å². The SMILES string of the molecule is Cc1ccc(I)c(C)c1CCl. The zero-order valence-electron chi connectivity index (χ0n) is 6.62. The Morgan fingerprint density at radius 1 is 1.36 bits per heavy atom. The van der Waals surface area contributed by atoms with Gasteiger partial charge in [-0.2, -0.15) is 0 Å². The molecule has 0 spiro atoms. The highest BCUT2D eigenvalue weighted by atomic mass is 127. The molecule has 1 rings (SSSR count). The summed E-state index contributed by atoms with van der Waals surface area (Å²) in [5, 5.41) is 0. The maximum atomic E-state index is 5.81. The number of rotatable bonds is 1. The van der Waals surface area contributed by atoms with E-state index in [-0.39, 0.29) is 0 Å². The summed E-state index contributed by atoms with van der Waals surface area (Å²) in [5.41, 5.74) is 3.89. The highest BCUT2D eigenvalue weighted by Gasteiger charge is 2.03. The Hall–Kier alpha value is 0.240. The number of alkyl halides is 1. The fraction of sp³-hybridized carbons (Fsp3) is 0.333. The quantitative estimate of drug-likeness (QED) is 0.544. The molecule has 0 aromatic heterocycles. The van der Waals surface area contributed by atoms with Gasteiger partial charge in [0.15, 0.2) is 0 Å². The van der Waals surface area contributed by atoms with Gasteiger partial charge in [0.2, 0.25) is 0 Å². The molecule has 0 unspecified atom stereocenters. The van der Waals surface area contributed by atoms with E-state index in [1.807, 2.05) is 0 Å². The second-order valence-electron chi connectivity index (χ2n) is 2.60. The summed E-state index contributed by atoms with van der Waals surface area (Å²) >= 11 is 8.14. The van der Waals surface area contributed by atoms with Gasteiger partial charge < -0.3 is 0 Å². The monoisotopic (exact) mass is 280 g/mol. The third kappa shape index (κ3) is 1.88. The van der Waals surface area contributed by atoms with Gasteiger partial charge in [-0.1, -0.05) is 6.07 Å². The van der Waals surface area contributed by atoms with Crippen molar-refractivity contribution in [3.8, 4) is 0 Å². The normalized spacial score (nSPS) is 10.2. The summed E-state index contributed by atoms with van der Waals surface area (Å²) in [6, 6.07) is 4.24. The summed E-state index contributed by atoms with van der Waals surface area (Å²) < 4.78 is 1.30. The van der Waals surface area contributed by atoms with Gasteiger partial charge in [-0.25, -0.2) is 0 Å². The lowest BCUT2D eigenvalue weighted by atomic mass is 10.1. The van der Waals surface area contributed by atoms with Gasteiger partial charge >= 0.3 is 0 Å². The molecule has 11 heavy (non-hydrogen) atoms. The number of halogens is 2. The molecule has 1 aromatic rings. The van der Waals surface area contributed by atoms with Crippen molar-refractivity contribution in [2.45, 2.75) is 19.7 Å². The van der Waals surface area contributed by atoms with E-state index in [0.29, 0.717) is 5.88 Å². The fourth-order valence-electron chi connectivity index (χ4n) is 1.07. The third-order valence-corrected chi connectivity index (χ3v) is 3.34. The first-order chi connectivity index (χ1) is 5.16. The van der Waals surface area contributed by atoms with Crippen molar-refractivity contribution in [3.05, 3.63) is 32.4 Å². The topological polar surface area (TPSA) is 0 Å². The Morgan fingerprint density at radius 3 is 2.45 bits per heavy atom. The van der Waals surface area contributed by atoms with Crippen LogP contribution in [0.2, 0.25) is 0 Å². The Morgan fingerprint density at radius 2 is 2.00 bits per heavy atom. The van der Waals surface area contributed by atoms with Crippen LogP contribution in [-0.2, 0) is 5.88 Å². The van der Waals surface area contributed by atoms with Crippen LogP contribution >= 0.6 is 34.2 Å². The van der Waals surface area contributed by atoms with Crippen molar-refractivity contribution in [2.75, 3.05) is 0 Å². The minimum absolute atomic E-state index is 0.620. The number of hydrogen-bond donors (Lipinski definition) is 0. The molecule has 0 aliphatic rings. The van der Waals surface area contributed by atoms with Crippen molar-refractivity contribution in [2.24, 2.45) is 0 Å². The zero-order valence-corrected chi connectivity index (χ0v) is 9.53. The largest absolute Gasteiger partial charge is 0.122 e. The average Bonchev–Trinajstić information content (AvgIpc) is 1.99. The van der Waals surface area contributed by atoms with E-state index in [2.05, 4.69) is 48.6 Å². The molecule has 0 amide bonds. The second kappa shape index (κ2) is 3.76. The van der Waals surface area contributed by atoms with Gasteiger partial charge in [0, 0.05) is 9.45 Å². The third-order valence-electron chi connectivity index (χ3n) is 1.90. The van der Waals surface area contributed by atoms with Crippen molar-refractivity contribution >= 4 is 34.2 Å². The van der Waals surface area contributed by atoms with Crippen LogP contribution in [0.15, 0.2) is 12.1 Å². The molecular weight excluding hydrogens is 270 g/mol. The summed E-state index contributed by atoms with van der Waals surface area (Å²) in [5.74, 6) is 0.620. The first-order valence-electron chi connectivity index (χ1n) is 3.47. The van der Waals surface area contributed by atoms with E-state index in [9.17, 15) is 0 Å². The van der Waals surface area contributed by atoms with Crippen LogP contribution < -0.4 is 0 Å². The number of hydrogen-bond acceptors (Lipinski definition) is 0. The molecule has 0 heterocycles. The van der Waals surface area contributed by atoms with Crippen molar-refractivity contribution in [1.29, 1.82) is 0 Å². The standard InChI is InChI=1S/C9H10ClI/c1-6-3-4-9(11)7(2)8(6)5-10/h3-4H,5H2,1-2H3. The fourth-order valence-corrected chi connectivity index (χ4v) is 1.99. The van der Waals surface area contributed by atoms with Crippen LogP contribution in [-0.4, -0.2) is 0 Å². The summed E-state index contributed by atoms with van der Waals surface area (Å²) in [7, 11) is 0. The maximum absolute atomic E-state index is 5.81. The summed E-state index contributed by atoms with van der Waals surface area (Å²) in [6.45, 7) is 4.22. The predicted octanol–water partition coefficient (Wildman–Crippen LogP) is 3.65. The van der Waals surface area contributed by atoms with Gasteiger partial charge in [0.05, 0.1) is 0 Å². The van der Waals surface area contributed by atoms with Gasteiger partial charge in [-0.3, -0.25) is 0 Å².